The highest BCUT2D eigenvalue weighted by atomic mass is 19.1. The Kier molecular flexibility index (Phi) is 4.74. The van der Waals surface area contributed by atoms with Crippen molar-refractivity contribution in [3.8, 4) is 0 Å². The summed E-state index contributed by atoms with van der Waals surface area (Å²) in [6.45, 7) is 4.44. The van der Waals surface area contributed by atoms with Crippen LogP contribution in [0.5, 0.6) is 0 Å². The summed E-state index contributed by atoms with van der Waals surface area (Å²) in [6.07, 6.45) is 2.09. The Morgan fingerprint density at radius 1 is 1.58 bits per heavy atom. The predicted octanol–water partition coefficient (Wildman–Crippen LogP) is 2.43. The molecule has 0 bridgehead atoms. The Morgan fingerprint density at radius 2 is 2.42 bits per heavy atom. The molecule has 4 nitrogen and oxygen atoms in total. The maximum absolute atomic E-state index is 13.1. The molecule has 0 spiro atoms. The molecule has 0 radical (unpaired) electrons. The lowest BCUT2D eigenvalue weighted by Gasteiger charge is -2.33. The van der Waals surface area contributed by atoms with E-state index in [9.17, 15) is 9.18 Å². The zero-order chi connectivity index (χ0) is 13.7. The van der Waals surface area contributed by atoms with Crippen LogP contribution in [0.25, 0.3) is 0 Å². The van der Waals surface area contributed by atoms with E-state index in [1.54, 1.807) is 17.0 Å². The van der Waals surface area contributed by atoms with Crippen LogP contribution in [0.15, 0.2) is 24.3 Å². The third-order valence-corrected chi connectivity index (χ3v) is 3.39. The number of nitrogens with zero attached hydrogens (tertiary/aromatic N) is 1. The first-order valence-corrected chi connectivity index (χ1v) is 6.74. The van der Waals surface area contributed by atoms with Crippen molar-refractivity contribution >= 4 is 11.7 Å². The number of hydrogen-bond acceptors (Lipinski definition) is 2. The van der Waals surface area contributed by atoms with Crippen LogP contribution in [-0.4, -0.2) is 36.6 Å². The number of carbonyl (C=O) groups excluding carboxylic acids is 1. The second-order valence-electron chi connectivity index (χ2n) is 4.73. The maximum atomic E-state index is 13.1. The molecule has 2 amide bonds. The first-order chi connectivity index (χ1) is 9.20. The van der Waals surface area contributed by atoms with Crippen LogP contribution in [-0.2, 0) is 0 Å². The second kappa shape index (κ2) is 6.52. The average Bonchev–Trinajstić information content (AvgIpc) is 2.41. The molecule has 0 aromatic heterocycles. The standard InChI is InChI=1S/C14H20FN3O/c1-2-18(13-7-4-8-16-10-13)14(19)17-12-6-3-5-11(15)9-12/h3,5-6,9,13,16H,2,4,7-8,10H2,1H3,(H,17,19). The van der Waals surface area contributed by atoms with Crippen molar-refractivity contribution in [1.29, 1.82) is 0 Å². The van der Waals surface area contributed by atoms with Crippen LogP contribution in [0.3, 0.4) is 0 Å². The molecule has 19 heavy (non-hydrogen) atoms. The molecule has 1 saturated heterocycles. The number of nitrogens with one attached hydrogen (secondary N) is 2. The van der Waals surface area contributed by atoms with Crippen molar-refractivity contribution < 1.29 is 9.18 Å². The lowest BCUT2D eigenvalue weighted by atomic mass is 10.1. The van der Waals surface area contributed by atoms with Gasteiger partial charge in [0.1, 0.15) is 5.82 Å². The molecule has 1 aromatic rings. The Labute approximate surface area is 113 Å². The first-order valence-electron chi connectivity index (χ1n) is 6.74. The van der Waals surface area contributed by atoms with E-state index in [2.05, 4.69) is 10.6 Å². The molecule has 5 heteroatoms. The molecule has 0 aliphatic carbocycles. The van der Waals surface area contributed by atoms with Gasteiger partial charge in [0.15, 0.2) is 0 Å². The molecule has 1 atom stereocenters. The van der Waals surface area contributed by atoms with E-state index in [1.165, 1.54) is 12.1 Å². The van der Waals surface area contributed by atoms with E-state index in [-0.39, 0.29) is 17.9 Å². The number of rotatable bonds is 3. The van der Waals surface area contributed by atoms with Gasteiger partial charge in [-0.3, -0.25) is 0 Å². The van der Waals surface area contributed by atoms with Crippen LogP contribution in [0.1, 0.15) is 19.8 Å². The monoisotopic (exact) mass is 265 g/mol. The summed E-state index contributed by atoms with van der Waals surface area (Å²) in [7, 11) is 0. The molecule has 1 aliphatic heterocycles. The summed E-state index contributed by atoms with van der Waals surface area (Å²) in [5.74, 6) is -0.347. The van der Waals surface area contributed by atoms with E-state index in [0.29, 0.717) is 12.2 Å². The fourth-order valence-corrected chi connectivity index (χ4v) is 2.43. The second-order valence-corrected chi connectivity index (χ2v) is 4.73. The Bertz CT molecular complexity index is 432. The van der Waals surface area contributed by atoms with Gasteiger partial charge in [0, 0.05) is 24.8 Å². The lowest BCUT2D eigenvalue weighted by molar-refractivity contribution is 0.177. The van der Waals surface area contributed by atoms with Gasteiger partial charge in [-0.05, 0) is 44.5 Å². The van der Waals surface area contributed by atoms with Crippen molar-refractivity contribution in [2.45, 2.75) is 25.8 Å². The number of urea groups is 1. The molecule has 1 aromatic carbocycles. The van der Waals surface area contributed by atoms with E-state index >= 15 is 0 Å². The topological polar surface area (TPSA) is 44.4 Å². The van der Waals surface area contributed by atoms with Crippen molar-refractivity contribution in [3.05, 3.63) is 30.1 Å². The molecule has 0 saturated carbocycles. The third kappa shape index (κ3) is 3.67. The van der Waals surface area contributed by atoms with Crippen LogP contribution in [0, 0.1) is 5.82 Å². The van der Waals surface area contributed by atoms with Crippen LogP contribution >= 0.6 is 0 Å². The number of benzene rings is 1. The Hall–Kier alpha value is -1.62. The fourth-order valence-electron chi connectivity index (χ4n) is 2.43. The Balaban J connectivity index is 2.00. The fraction of sp³-hybridized carbons (Fsp3) is 0.500. The Morgan fingerprint density at radius 3 is 3.05 bits per heavy atom. The van der Waals surface area contributed by atoms with Crippen molar-refractivity contribution in [3.63, 3.8) is 0 Å². The summed E-state index contributed by atoms with van der Waals surface area (Å²) >= 11 is 0. The minimum atomic E-state index is -0.347. The molecular formula is C14H20FN3O. The molecule has 1 heterocycles. The quantitative estimate of drug-likeness (QED) is 0.881. The minimum Gasteiger partial charge on any atom is -0.321 e. The summed E-state index contributed by atoms with van der Waals surface area (Å²) in [5.41, 5.74) is 0.493. The number of amides is 2. The number of halogens is 1. The number of piperidine rings is 1. The van der Waals surface area contributed by atoms with Gasteiger partial charge in [-0.1, -0.05) is 6.07 Å². The smallest absolute Gasteiger partial charge is 0.321 e. The normalized spacial score (nSPS) is 18.9. The average molecular weight is 265 g/mol. The molecule has 1 fully saturated rings. The van der Waals surface area contributed by atoms with Crippen molar-refractivity contribution in [2.75, 3.05) is 25.0 Å². The minimum absolute atomic E-state index is 0.165. The number of carbonyl (C=O) groups is 1. The predicted molar refractivity (Wildman–Crippen MR) is 73.7 cm³/mol. The maximum Gasteiger partial charge on any atom is 0.322 e. The van der Waals surface area contributed by atoms with Gasteiger partial charge >= 0.3 is 6.03 Å². The van der Waals surface area contributed by atoms with Gasteiger partial charge in [-0.15, -0.1) is 0 Å². The SMILES string of the molecule is CCN(C(=O)Nc1cccc(F)c1)C1CCCNC1. The highest BCUT2D eigenvalue weighted by Crippen LogP contribution is 2.14. The number of hydrogen-bond donors (Lipinski definition) is 2. The van der Waals surface area contributed by atoms with E-state index in [0.717, 1.165) is 25.9 Å². The van der Waals surface area contributed by atoms with Gasteiger partial charge in [0.25, 0.3) is 0 Å². The highest BCUT2D eigenvalue weighted by molar-refractivity contribution is 5.89. The van der Waals surface area contributed by atoms with Gasteiger partial charge in [-0.2, -0.15) is 0 Å². The highest BCUT2D eigenvalue weighted by Gasteiger charge is 2.23. The molecule has 104 valence electrons. The number of anilines is 1. The zero-order valence-corrected chi connectivity index (χ0v) is 11.2. The zero-order valence-electron chi connectivity index (χ0n) is 11.2. The van der Waals surface area contributed by atoms with Crippen LogP contribution in [0.2, 0.25) is 0 Å². The van der Waals surface area contributed by atoms with Crippen LogP contribution < -0.4 is 10.6 Å². The van der Waals surface area contributed by atoms with E-state index in [1.807, 2.05) is 6.92 Å². The van der Waals surface area contributed by atoms with Crippen molar-refractivity contribution in [1.82, 2.24) is 10.2 Å². The summed E-state index contributed by atoms with van der Waals surface area (Å²) in [6, 6.07) is 6.01. The van der Waals surface area contributed by atoms with Crippen molar-refractivity contribution in [2.24, 2.45) is 0 Å². The first kappa shape index (κ1) is 13.8. The molecule has 2 N–H and O–H groups in total. The summed E-state index contributed by atoms with van der Waals surface area (Å²) in [5, 5.41) is 6.05. The molecule has 1 aliphatic rings. The van der Waals surface area contributed by atoms with Gasteiger partial charge in [0.05, 0.1) is 0 Å². The van der Waals surface area contributed by atoms with E-state index in [4.69, 9.17) is 0 Å². The summed E-state index contributed by atoms with van der Waals surface area (Å²) < 4.78 is 13.1. The largest absolute Gasteiger partial charge is 0.322 e. The van der Waals surface area contributed by atoms with Gasteiger partial charge < -0.3 is 15.5 Å². The third-order valence-electron chi connectivity index (χ3n) is 3.39. The van der Waals surface area contributed by atoms with Gasteiger partial charge in [-0.25, -0.2) is 9.18 Å². The molecular weight excluding hydrogens is 245 g/mol. The lowest BCUT2D eigenvalue weighted by Crippen LogP contribution is -2.50. The summed E-state index contributed by atoms with van der Waals surface area (Å²) in [4.78, 5) is 14.0. The molecule has 2 rings (SSSR count). The number of likely N-dealkylation sites (N-methyl/N-ethyl adjacent to an activating group) is 1. The van der Waals surface area contributed by atoms with E-state index < -0.39 is 0 Å². The molecule has 1 unspecified atom stereocenters. The van der Waals surface area contributed by atoms with Gasteiger partial charge in [0.2, 0.25) is 0 Å². The van der Waals surface area contributed by atoms with Crippen LogP contribution in [0.4, 0.5) is 14.9 Å².